The molecule has 6 nitrogen and oxygen atoms in total. The van der Waals surface area contributed by atoms with Gasteiger partial charge in [0.05, 0.1) is 20.3 Å². The van der Waals surface area contributed by atoms with Crippen molar-refractivity contribution in [3.05, 3.63) is 65.2 Å². The Kier molecular flexibility index (Phi) is 5.76. The predicted molar refractivity (Wildman–Crippen MR) is 100 cm³/mol. The van der Waals surface area contributed by atoms with Crippen molar-refractivity contribution in [3.8, 4) is 23.5 Å². The molecule has 0 aliphatic carbocycles. The number of anilines is 1. The van der Waals surface area contributed by atoms with Crippen LogP contribution in [0.5, 0.6) is 23.5 Å². The molecule has 0 aliphatic heterocycles. The summed E-state index contributed by atoms with van der Waals surface area (Å²) in [7, 11) is 3.04. The minimum Gasteiger partial charge on any atom is -0.481 e. The predicted octanol–water partition coefficient (Wildman–Crippen LogP) is 4.55. The van der Waals surface area contributed by atoms with Crippen molar-refractivity contribution in [1.29, 1.82) is 0 Å². The fourth-order valence-electron chi connectivity index (χ4n) is 2.28. The minimum absolute atomic E-state index is 0.149. The highest BCUT2D eigenvalue weighted by atomic mass is 35.5. The number of para-hydroxylation sites is 1. The molecule has 3 rings (SSSR count). The van der Waals surface area contributed by atoms with Crippen molar-refractivity contribution >= 4 is 17.3 Å². The second-order valence-electron chi connectivity index (χ2n) is 5.31. The van der Waals surface area contributed by atoms with Crippen LogP contribution in [0.1, 0.15) is 5.56 Å². The van der Waals surface area contributed by atoms with Gasteiger partial charge >= 0.3 is 6.01 Å². The van der Waals surface area contributed by atoms with E-state index in [-0.39, 0.29) is 6.01 Å². The molecule has 1 aromatic heterocycles. The van der Waals surface area contributed by atoms with Gasteiger partial charge in [-0.05, 0) is 24.3 Å². The Morgan fingerprint density at radius 1 is 0.923 bits per heavy atom. The lowest BCUT2D eigenvalue weighted by molar-refractivity contribution is 0.347. The number of halogens is 1. The third kappa shape index (κ3) is 4.55. The standard InChI is InChI=1S/C19H18ClN3O3/c1-24-17-11-18(25-2)23-19(22-17)26-16-9-4-3-6-13(16)12-21-15-8-5-7-14(20)10-15/h3-11,21H,12H2,1-2H3. The van der Waals surface area contributed by atoms with E-state index >= 15 is 0 Å². The van der Waals surface area contributed by atoms with Crippen LogP contribution < -0.4 is 19.5 Å². The van der Waals surface area contributed by atoms with Gasteiger partial charge in [0.15, 0.2) is 0 Å². The highest BCUT2D eigenvalue weighted by Crippen LogP contribution is 2.27. The highest BCUT2D eigenvalue weighted by Gasteiger charge is 2.10. The largest absolute Gasteiger partial charge is 0.481 e. The summed E-state index contributed by atoms with van der Waals surface area (Å²) in [6.45, 7) is 0.553. The lowest BCUT2D eigenvalue weighted by Gasteiger charge is -2.12. The molecule has 1 heterocycles. The van der Waals surface area contributed by atoms with Crippen LogP contribution in [-0.2, 0) is 6.54 Å². The zero-order valence-corrected chi connectivity index (χ0v) is 15.2. The zero-order chi connectivity index (χ0) is 18.4. The van der Waals surface area contributed by atoms with Gasteiger partial charge < -0.3 is 19.5 Å². The SMILES string of the molecule is COc1cc(OC)nc(Oc2ccccc2CNc2cccc(Cl)c2)n1. The second kappa shape index (κ2) is 8.40. The molecular formula is C19H18ClN3O3. The van der Waals surface area contributed by atoms with Crippen molar-refractivity contribution in [2.24, 2.45) is 0 Å². The van der Waals surface area contributed by atoms with E-state index in [1.54, 1.807) is 6.07 Å². The van der Waals surface area contributed by atoms with Gasteiger partial charge in [0.25, 0.3) is 0 Å². The molecule has 0 fully saturated rings. The number of hydrogen-bond donors (Lipinski definition) is 1. The van der Waals surface area contributed by atoms with Crippen LogP contribution in [-0.4, -0.2) is 24.2 Å². The van der Waals surface area contributed by atoms with E-state index in [1.807, 2.05) is 48.5 Å². The maximum Gasteiger partial charge on any atom is 0.328 e. The first-order valence-corrected chi connectivity index (χ1v) is 8.28. The summed E-state index contributed by atoms with van der Waals surface area (Å²) in [5.74, 6) is 1.36. The normalized spacial score (nSPS) is 10.3. The van der Waals surface area contributed by atoms with Crippen molar-refractivity contribution in [2.45, 2.75) is 6.54 Å². The van der Waals surface area contributed by atoms with Gasteiger partial charge in [0.1, 0.15) is 5.75 Å². The molecule has 0 atom stereocenters. The number of hydrogen-bond acceptors (Lipinski definition) is 6. The molecule has 0 saturated heterocycles. The average molecular weight is 372 g/mol. The number of nitrogens with zero attached hydrogens (tertiary/aromatic N) is 2. The van der Waals surface area contributed by atoms with Crippen LogP contribution in [0.4, 0.5) is 5.69 Å². The molecule has 0 radical (unpaired) electrons. The molecule has 134 valence electrons. The summed E-state index contributed by atoms with van der Waals surface area (Å²) >= 11 is 6.02. The van der Waals surface area contributed by atoms with Crippen molar-refractivity contribution < 1.29 is 14.2 Å². The molecule has 0 saturated carbocycles. The van der Waals surface area contributed by atoms with E-state index in [9.17, 15) is 0 Å². The van der Waals surface area contributed by atoms with Crippen molar-refractivity contribution in [1.82, 2.24) is 9.97 Å². The third-order valence-corrected chi connectivity index (χ3v) is 3.79. The molecule has 7 heteroatoms. The van der Waals surface area contributed by atoms with Crippen molar-refractivity contribution in [2.75, 3.05) is 19.5 Å². The molecule has 26 heavy (non-hydrogen) atoms. The summed E-state index contributed by atoms with van der Waals surface area (Å²) in [5.41, 5.74) is 1.87. The van der Waals surface area contributed by atoms with Gasteiger partial charge in [-0.3, -0.25) is 0 Å². The van der Waals surface area contributed by atoms with Crippen LogP contribution in [0.3, 0.4) is 0 Å². The van der Waals surface area contributed by atoms with E-state index in [0.29, 0.717) is 29.1 Å². The lowest BCUT2D eigenvalue weighted by atomic mass is 10.2. The Bertz CT molecular complexity index is 867. The molecule has 0 unspecified atom stereocenters. The van der Waals surface area contributed by atoms with Gasteiger partial charge in [-0.15, -0.1) is 0 Å². The number of methoxy groups -OCH3 is 2. The Balaban J connectivity index is 1.79. The molecule has 1 N–H and O–H groups in total. The van der Waals surface area contributed by atoms with Crippen LogP contribution in [0.2, 0.25) is 5.02 Å². The van der Waals surface area contributed by atoms with Crippen LogP contribution in [0.25, 0.3) is 0 Å². The van der Waals surface area contributed by atoms with Crippen LogP contribution in [0, 0.1) is 0 Å². The Hall–Kier alpha value is -2.99. The van der Waals surface area contributed by atoms with Crippen molar-refractivity contribution in [3.63, 3.8) is 0 Å². The second-order valence-corrected chi connectivity index (χ2v) is 5.75. The smallest absolute Gasteiger partial charge is 0.328 e. The minimum atomic E-state index is 0.149. The Morgan fingerprint density at radius 2 is 1.65 bits per heavy atom. The maximum atomic E-state index is 6.02. The van der Waals surface area contributed by atoms with E-state index < -0.39 is 0 Å². The molecular weight excluding hydrogens is 354 g/mol. The van der Waals surface area contributed by atoms with E-state index in [0.717, 1.165) is 11.3 Å². The number of benzene rings is 2. The van der Waals surface area contributed by atoms with Gasteiger partial charge in [-0.2, -0.15) is 9.97 Å². The summed E-state index contributed by atoms with van der Waals surface area (Å²) in [6.07, 6.45) is 0. The highest BCUT2D eigenvalue weighted by molar-refractivity contribution is 6.30. The van der Waals surface area contributed by atoms with Gasteiger partial charge in [0, 0.05) is 22.8 Å². The van der Waals surface area contributed by atoms with E-state index in [4.69, 9.17) is 25.8 Å². The fraction of sp³-hybridized carbons (Fsp3) is 0.158. The Labute approximate surface area is 156 Å². The zero-order valence-electron chi connectivity index (χ0n) is 14.4. The molecule has 0 aliphatic rings. The quantitative estimate of drug-likeness (QED) is 0.657. The summed E-state index contributed by atoms with van der Waals surface area (Å²) in [6, 6.07) is 16.9. The van der Waals surface area contributed by atoms with E-state index in [1.165, 1.54) is 14.2 Å². The van der Waals surface area contributed by atoms with E-state index in [2.05, 4.69) is 15.3 Å². The first kappa shape index (κ1) is 17.8. The van der Waals surface area contributed by atoms with Crippen LogP contribution >= 0.6 is 11.6 Å². The topological polar surface area (TPSA) is 65.5 Å². The first-order chi connectivity index (χ1) is 12.7. The molecule has 0 spiro atoms. The number of ether oxygens (including phenoxy) is 3. The van der Waals surface area contributed by atoms with Crippen LogP contribution in [0.15, 0.2) is 54.6 Å². The van der Waals surface area contributed by atoms with Gasteiger partial charge in [-0.1, -0.05) is 35.9 Å². The summed E-state index contributed by atoms with van der Waals surface area (Å²) in [4.78, 5) is 8.39. The molecule has 2 aromatic carbocycles. The average Bonchev–Trinajstić information content (AvgIpc) is 2.67. The monoisotopic (exact) mass is 371 g/mol. The summed E-state index contributed by atoms with van der Waals surface area (Å²) in [5, 5.41) is 4.00. The van der Waals surface area contributed by atoms with Gasteiger partial charge in [-0.25, -0.2) is 0 Å². The fourth-order valence-corrected chi connectivity index (χ4v) is 2.47. The number of nitrogens with one attached hydrogen (secondary N) is 1. The van der Waals surface area contributed by atoms with Gasteiger partial charge in [0.2, 0.25) is 11.8 Å². The molecule has 0 amide bonds. The maximum absolute atomic E-state index is 6.02. The summed E-state index contributed by atoms with van der Waals surface area (Å²) < 4.78 is 16.2. The Morgan fingerprint density at radius 3 is 2.35 bits per heavy atom. The molecule has 0 bridgehead atoms. The lowest BCUT2D eigenvalue weighted by Crippen LogP contribution is -2.03. The molecule has 3 aromatic rings. The third-order valence-electron chi connectivity index (χ3n) is 3.56. The first-order valence-electron chi connectivity index (χ1n) is 7.90. The number of rotatable bonds is 7. The number of aromatic nitrogens is 2.